The zero-order chi connectivity index (χ0) is 12.6. The van der Waals surface area contributed by atoms with Crippen molar-refractivity contribution in [2.75, 3.05) is 13.1 Å². The molecule has 0 spiro atoms. The van der Waals surface area contributed by atoms with Crippen molar-refractivity contribution < 1.29 is 10.1 Å². The third-order valence-corrected chi connectivity index (χ3v) is 1.61. The summed E-state index contributed by atoms with van der Waals surface area (Å²) in [6.07, 6.45) is 3.11. The predicted octanol–water partition coefficient (Wildman–Crippen LogP) is -0.284. The zero-order valence-electron chi connectivity index (χ0n) is 8.14. The number of nitrogens with zero attached hydrogens (tertiary/aromatic N) is 6. The van der Waals surface area contributed by atoms with Gasteiger partial charge in [0.05, 0.1) is 13.1 Å². The van der Waals surface area contributed by atoms with Crippen molar-refractivity contribution in [2.24, 2.45) is 0 Å². The van der Waals surface area contributed by atoms with Crippen molar-refractivity contribution in [3.05, 3.63) is 20.2 Å². The topological polar surface area (TPSA) is 140 Å². The molecule has 86 valence electrons. The first-order chi connectivity index (χ1) is 7.52. The Bertz CT molecular complexity index is 310. The van der Waals surface area contributed by atoms with Gasteiger partial charge in [-0.1, -0.05) is 0 Å². The maximum atomic E-state index is 10.2. The molecule has 0 aliphatic heterocycles. The van der Waals surface area contributed by atoms with Gasteiger partial charge in [-0.15, -0.1) is 0 Å². The molecule has 0 aromatic heterocycles. The van der Waals surface area contributed by atoms with Gasteiger partial charge in [-0.2, -0.15) is 10.5 Å². The SMILES string of the molecule is N#CN(CCCCN(C#N)[N+](=O)[O-])[N+](=O)[O-]. The Morgan fingerprint density at radius 1 is 0.938 bits per heavy atom. The molecule has 0 aromatic carbocycles. The van der Waals surface area contributed by atoms with Crippen LogP contribution >= 0.6 is 0 Å². The number of unbranched alkanes of at least 4 members (excludes halogenated alkanes) is 1. The van der Waals surface area contributed by atoms with Crippen LogP contribution in [0, 0.1) is 43.1 Å². The molecule has 0 radical (unpaired) electrons. The monoisotopic (exact) mass is 228 g/mol. The normalized spacial score (nSPS) is 8.62. The Kier molecular flexibility index (Phi) is 5.67. The van der Waals surface area contributed by atoms with Crippen molar-refractivity contribution in [1.29, 1.82) is 10.5 Å². The highest BCUT2D eigenvalue weighted by Gasteiger charge is 2.15. The van der Waals surface area contributed by atoms with Crippen molar-refractivity contribution in [1.82, 2.24) is 10.0 Å². The molecule has 0 heterocycles. The lowest BCUT2D eigenvalue weighted by atomic mass is 10.3. The first-order valence-corrected chi connectivity index (χ1v) is 4.16. The summed E-state index contributed by atoms with van der Waals surface area (Å²) < 4.78 is 0. The van der Waals surface area contributed by atoms with Gasteiger partial charge in [0, 0.05) is 0 Å². The molecule has 0 bridgehead atoms. The van der Waals surface area contributed by atoms with Crippen LogP contribution in [0.4, 0.5) is 0 Å². The Labute approximate surface area is 90.1 Å². The van der Waals surface area contributed by atoms with Crippen LogP contribution in [-0.2, 0) is 0 Å². The van der Waals surface area contributed by atoms with Gasteiger partial charge in [0.15, 0.2) is 10.1 Å². The lowest BCUT2D eigenvalue weighted by Gasteiger charge is -2.05. The first kappa shape index (κ1) is 13.4. The van der Waals surface area contributed by atoms with Crippen molar-refractivity contribution in [3.63, 3.8) is 0 Å². The van der Waals surface area contributed by atoms with E-state index in [9.17, 15) is 20.2 Å². The third-order valence-electron chi connectivity index (χ3n) is 1.61. The highest BCUT2D eigenvalue weighted by Crippen LogP contribution is 1.97. The van der Waals surface area contributed by atoms with Crippen LogP contribution in [0.25, 0.3) is 0 Å². The van der Waals surface area contributed by atoms with Gasteiger partial charge in [-0.3, -0.25) is 0 Å². The second-order valence-electron chi connectivity index (χ2n) is 2.63. The van der Waals surface area contributed by atoms with Crippen molar-refractivity contribution in [3.8, 4) is 12.4 Å². The smallest absolute Gasteiger partial charge is 0.234 e. The lowest BCUT2D eigenvalue weighted by molar-refractivity contribution is -0.638. The molecule has 0 N–H and O–H groups in total. The lowest BCUT2D eigenvalue weighted by Crippen LogP contribution is -2.28. The summed E-state index contributed by atoms with van der Waals surface area (Å²) in [5.74, 6) is 0. The number of hydrogen-bond donors (Lipinski definition) is 0. The van der Waals surface area contributed by atoms with Gasteiger partial charge in [-0.25, -0.2) is 20.2 Å². The van der Waals surface area contributed by atoms with Gasteiger partial charge in [0.2, 0.25) is 12.4 Å². The molecule has 0 rings (SSSR count). The fourth-order valence-corrected chi connectivity index (χ4v) is 0.859. The summed E-state index contributed by atoms with van der Waals surface area (Å²) in [6.45, 7) is -0.277. The summed E-state index contributed by atoms with van der Waals surface area (Å²) >= 11 is 0. The maximum Gasteiger partial charge on any atom is 0.244 e. The van der Waals surface area contributed by atoms with Crippen LogP contribution in [0.2, 0.25) is 0 Å². The maximum absolute atomic E-state index is 10.2. The Morgan fingerprint density at radius 3 is 1.44 bits per heavy atom. The number of nitriles is 2. The fourth-order valence-electron chi connectivity index (χ4n) is 0.859. The first-order valence-electron chi connectivity index (χ1n) is 4.16. The molecule has 16 heavy (non-hydrogen) atoms. The van der Waals surface area contributed by atoms with Crippen LogP contribution < -0.4 is 0 Å². The highest BCUT2D eigenvalue weighted by molar-refractivity contribution is 4.66. The molecule has 0 amide bonds. The molecule has 10 heteroatoms. The van der Waals surface area contributed by atoms with E-state index in [2.05, 4.69) is 0 Å². The van der Waals surface area contributed by atoms with Crippen LogP contribution in [-0.4, -0.2) is 33.2 Å². The van der Waals surface area contributed by atoms with E-state index in [4.69, 9.17) is 10.5 Å². The van der Waals surface area contributed by atoms with E-state index < -0.39 is 10.1 Å². The van der Waals surface area contributed by atoms with E-state index in [0.29, 0.717) is 10.0 Å². The van der Waals surface area contributed by atoms with Gasteiger partial charge >= 0.3 is 0 Å². The third kappa shape index (κ3) is 4.57. The molecule has 0 saturated heterocycles. The molecule has 10 nitrogen and oxygen atoms in total. The quantitative estimate of drug-likeness (QED) is 0.190. The van der Waals surface area contributed by atoms with Gasteiger partial charge in [-0.05, 0) is 22.9 Å². The Hall–Kier alpha value is -2.62. The predicted molar refractivity (Wildman–Crippen MR) is 47.9 cm³/mol. The van der Waals surface area contributed by atoms with Crippen LogP contribution in [0.15, 0.2) is 0 Å². The number of nitro groups is 2. The van der Waals surface area contributed by atoms with E-state index in [1.807, 2.05) is 0 Å². The summed E-state index contributed by atoms with van der Waals surface area (Å²) in [6, 6.07) is 0. The summed E-state index contributed by atoms with van der Waals surface area (Å²) in [5, 5.41) is 35.8. The summed E-state index contributed by atoms with van der Waals surface area (Å²) in [7, 11) is 0. The van der Waals surface area contributed by atoms with Crippen LogP contribution in [0.1, 0.15) is 12.8 Å². The van der Waals surface area contributed by atoms with Crippen molar-refractivity contribution >= 4 is 0 Å². The molecule has 0 fully saturated rings. The fraction of sp³-hybridized carbons (Fsp3) is 0.667. The Balaban J connectivity index is 3.85. The summed E-state index contributed by atoms with van der Waals surface area (Å²) in [4.78, 5) is 20.3. The molecule has 0 aliphatic rings. The average Bonchev–Trinajstić information content (AvgIpc) is 2.22. The second-order valence-corrected chi connectivity index (χ2v) is 2.63. The van der Waals surface area contributed by atoms with E-state index in [0.717, 1.165) is 0 Å². The van der Waals surface area contributed by atoms with E-state index in [-0.39, 0.29) is 25.9 Å². The van der Waals surface area contributed by atoms with Crippen molar-refractivity contribution in [2.45, 2.75) is 12.8 Å². The molecule has 0 aliphatic carbocycles. The van der Waals surface area contributed by atoms with Crippen LogP contribution in [0.5, 0.6) is 0 Å². The standard InChI is InChI=1S/C6H8N6O4/c7-5-9(11(13)14)3-1-2-4-10(6-8)12(15)16/h1-4H2. The van der Waals surface area contributed by atoms with Gasteiger partial charge in [0.25, 0.3) is 0 Å². The minimum absolute atomic E-state index is 0.138. The highest BCUT2D eigenvalue weighted by atomic mass is 16.7. The average molecular weight is 228 g/mol. The summed E-state index contributed by atoms with van der Waals surface area (Å²) in [5.41, 5.74) is 0. The molecule has 0 unspecified atom stereocenters. The minimum Gasteiger partial charge on any atom is -0.234 e. The number of hydrazine groups is 2. The van der Waals surface area contributed by atoms with E-state index in [1.54, 1.807) is 0 Å². The molecular weight excluding hydrogens is 220 g/mol. The molecular formula is C6H8N6O4. The van der Waals surface area contributed by atoms with Gasteiger partial charge in [0.1, 0.15) is 0 Å². The molecule has 0 aromatic rings. The largest absolute Gasteiger partial charge is 0.244 e. The molecule has 0 saturated carbocycles. The van der Waals surface area contributed by atoms with E-state index in [1.165, 1.54) is 12.4 Å². The minimum atomic E-state index is -0.866. The van der Waals surface area contributed by atoms with Crippen LogP contribution in [0.3, 0.4) is 0 Å². The molecule has 0 atom stereocenters. The van der Waals surface area contributed by atoms with E-state index >= 15 is 0 Å². The Morgan fingerprint density at radius 2 is 1.25 bits per heavy atom. The number of hydrogen-bond acceptors (Lipinski definition) is 6. The van der Waals surface area contributed by atoms with Gasteiger partial charge < -0.3 is 0 Å². The zero-order valence-corrected chi connectivity index (χ0v) is 8.14. The second kappa shape index (κ2) is 6.78. The number of rotatable bonds is 7.